The van der Waals surface area contributed by atoms with E-state index < -0.39 is 5.92 Å². The second-order valence-electron chi connectivity index (χ2n) is 8.11. The van der Waals surface area contributed by atoms with Crippen LogP contribution in [-0.2, 0) is 9.59 Å². The molecule has 0 unspecified atom stereocenters. The number of nitriles is 1. The van der Waals surface area contributed by atoms with Gasteiger partial charge in [-0.3, -0.25) is 14.4 Å². The maximum Gasteiger partial charge on any atom is 0.234 e. The third-order valence-electron chi connectivity index (χ3n) is 5.77. The predicted molar refractivity (Wildman–Crippen MR) is 133 cm³/mol. The summed E-state index contributed by atoms with van der Waals surface area (Å²) in [7, 11) is 0. The van der Waals surface area contributed by atoms with Gasteiger partial charge in [-0.05, 0) is 49.6 Å². The number of halogens is 1. The fourth-order valence-corrected chi connectivity index (χ4v) is 5.16. The van der Waals surface area contributed by atoms with E-state index in [0.717, 1.165) is 17.7 Å². The Hall–Kier alpha value is -3.34. The zero-order chi connectivity index (χ0) is 24.2. The van der Waals surface area contributed by atoms with Gasteiger partial charge in [0.15, 0.2) is 11.6 Å². The molecule has 0 saturated heterocycles. The van der Waals surface area contributed by atoms with Crippen LogP contribution in [0.3, 0.4) is 0 Å². The maximum atomic E-state index is 12.8. The summed E-state index contributed by atoms with van der Waals surface area (Å²) >= 11 is 7.28. The third kappa shape index (κ3) is 5.09. The number of amides is 1. The van der Waals surface area contributed by atoms with Crippen LogP contribution >= 0.6 is 23.4 Å². The molecule has 0 fully saturated rings. The lowest BCUT2D eigenvalue weighted by atomic mass is 9.77. The van der Waals surface area contributed by atoms with Gasteiger partial charge >= 0.3 is 0 Å². The molecule has 34 heavy (non-hydrogen) atoms. The highest BCUT2D eigenvalue weighted by atomic mass is 35.5. The van der Waals surface area contributed by atoms with Crippen molar-refractivity contribution in [3.63, 3.8) is 0 Å². The Bertz CT molecular complexity index is 1270. The number of thioether (sulfide) groups is 1. The minimum absolute atomic E-state index is 0.0357. The topological polar surface area (TPSA) is 99.1 Å². The van der Waals surface area contributed by atoms with Crippen molar-refractivity contribution in [1.82, 2.24) is 5.32 Å². The summed E-state index contributed by atoms with van der Waals surface area (Å²) in [6.07, 6.45) is 1.90. The number of dihydropyridines is 1. The van der Waals surface area contributed by atoms with E-state index >= 15 is 0 Å². The third-order valence-corrected chi connectivity index (χ3v) is 7.04. The van der Waals surface area contributed by atoms with Crippen molar-refractivity contribution in [2.75, 3.05) is 11.1 Å². The number of carbonyl (C=O) groups excluding carboxylic acids is 3. The minimum Gasteiger partial charge on any atom is -0.352 e. The van der Waals surface area contributed by atoms with Crippen LogP contribution in [0.5, 0.6) is 0 Å². The van der Waals surface area contributed by atoms with E-state index in [1.165, 1.54) is 18.7 Å². The van der Waals surface area contributed by atoms with Crippen LogP contribution in [-0.4, -0.2) is 23.2 Å². The van der Waals surface area contributed by atoms with Gasteiger partial charge in [-0.1, -0.05) is 47.6 Å². The molecule has 2 aromatic carbocycles. The highest BCUT2D eigenvalue weighted by Crippen LogP contribution is 2.44. The molecule has 0 radical (unpaired) electrons. The van der Waals surface area contributed by atoms with Gasteiger partial charge in [-0.2, -0.15) is 5.26 Å². The van der Waals surface area contributed by atoms with Crippen LogP contribution in [0.2, 0.25) is 5.02 Å². The van der Waals surface area contributed by atoms with E-state index in [-0.39, 0.29) is 23.2 Å². The zero-order valence-corrected chi connectivity index (χ0v) is 20.1. The number of allylic oxidation sites excluding steroid dienone is 3. The Labute approximate surface area is 207 Å². The first-order valence-corrected chi connectivity index (χ1v) is 12.2. The summed E-state index contributed by atoms with van der Waals surface area (Å²) in [5.74, 6) is -0.751. The van der Waals surface area contributed by atoms with Gasteiger partial charge < -0.3 is 10.6 Å². The largest absolute Gasteiger partial charge is 0.352 e. The van der Waals surface area contributed by atoms with Gasteiger partial charge in [0.1, 0.15) is 0 Å². The predicted octanol–water partition coefficient (Wildman–Crippen LogP) is 5.34. The van der Waals surface area contributed by atoms with Crippen LogP contribution < -0.4 is 10.6 Å². The number of hydrogen-bond acceptors (Lipinski definition) is 6. The van der Waals surface area contributed by atoms with Gasteiger partial charge in [-0.25, -0.2) is 0 Å². The Morgan fingerprint density at radius 2 is 1.97 bits per heavy atom. The molecule has 172 valence electrons. The molecule has 6 nitrogen and oxygen atoms in total. The minimum atomic E-state index is -0.496. The van der Waals surface area contributed by atoms with Gasteiger partial charge in [0, 0.05) is 34.0 Å². The van der Waals surface area contributed by atoms with Crippen molar-refractivity contribution in [1.29, 1.82) is 5.26 Å². The highest BCUT2D eigenvalue weighted by molar-refractivity contribution is 8.03. The molecule has 0 bridgehead atoms. The number of benzene rings is 2. The van der Waals surface area contributed by atoms with Gasteiger partial charge in [-0.15, -0.1) is 0 Å². The molecule has 0 aromatic heterocycles. The number of nitrogens with zero attached hydrogens (tertiary/aromatic N) is 1. The van der Waals surface area contributed by atoms with Gasteiger partial charge in [0.25, 0.3) is 0 Å². The number of hydrogen-bond donors (Lipinski definition) is 2. The van der Waals surface area contributed by atoms with E-state index in [9.17, 15) is 19.6 Å². The van der Waals surface area contributed by atoms with E-state index in [4.69, 9.17) is 11.6 Å². The fourth-order valence-electron chi connectivity index (χ4n) is 4.18. The van der Waals surface area contributed by atoms with Crippen LogP contribution in [0.4, 0.5) is 5.69 Å². The van der Waals surface area contributed by atoms with E-state index in [1.54, 1.807) is 36.4 Å². The molecule has 4 rings (SSSR count). The van der Waals surface area contributed by atoms with Crippen molar-refractivity contribution in [3.05, 3.63) is 86.6 Å². The fraction of sp³-hybridized carbons (Fsp3) is 0.231. The summed E-state index contributed by atoms with van der Waals surface area (Å²) < 4.78 is 0. The number of anilines is 1. The SMILES string of the molecule is CC(=O)c1cccc(NC(=O)CSC2=C(C#N)[C@H](c3ccc(Cl)cc3)C3=C(CCCC3=O)N2)c1. The summed E-state index contributed by atoms with van der Waals surface area (Å²) in [5, 5.41) is 17.3. The van der Waals surface area contributed by atoms with Crippen LogP contribution in [0, 0.1) is 11.3 Å². The summed E-state index contributed by atoms with van der Waals surface area (Å²) in [6.45, 7) is 1.47. The quantitative estimate of drug-likeness (QED) is 0.529. The average molecular weight is 492 g/mol. The summed E-state index contributed by atoms with van der Waals surface area (Å²) in [5.41, 5.74) is 3.71. The lowest BCUT2D eigenvalue weighted by Crippen LogP contribution is -2.31. The zero-order valence-electron chi connectivity index (χ0n) is 18.5. The monoisotopic (exact) mass is 491 g/mol. The van der Waals surface area contributed by atoms with Crippen molar-refractivity contribution >= 4 is 46.5 Å². The van der Waals surface area contributed by atoms with Crippen molar-refractivity contribution in [3.8, 4) is 6.07 Å². The van der Waals surface area contributed by atoms with E-state index in [2.05, 4.69) is 16.7 Å². The second-order valence-corrected chi connectivity index (χ2v) is 9.53. The van der Waals surface area contributed by atoms with Crippen molar-refractivity contribution in [2.24, 2.45) is 0 Å². The number of nitrogens with one attached hydrogen (secondary N) is 2. The second kappa shape index (κ2) is 10.3. The van der Waals surface area contributed by atoms with Crippen LogP contribution in [0.1, 0.15) is 48.0 Å². The van der Waals surface area contributed by atoms with Crippen LogP contribution in [0.25, 0.3) is 0 Å². The molecule has 8 heteroatoms. The molecule has 1 aliphatic carbocycles. The Morgan fingerprint density at radius 3 is 2.68 bits per heavy atom. The van der Waals surface area contributed by atoms with Gasteiger partial charge in [0.05, 0.1) is 28.3 Å². The molecule has 2 aromatic rings. The van der Waals surface area contributed by atoms with Gasteiger partial charge in [0.2, 0.25) is 5.91 Å². The molecule has 2 N–H and O–H groups in total. The first-order chi connectivity index (χ1) is 16.4. The number of rotatable bonds is 6. The van der Waals surface area contributed by atoms with Crippen molar-refractivity contribution < 1.29 is 14.4 Å². The van der Waals surface area contributed by atoms with E-state index in [1.807, 2.05) is 12.1 Å². The molecule has 1 amide bonds. The Morgan fingerprint density at radius 1 is 1.21 bits per heavy atom. The normalized spacial score (nSPS) is 17.6. The Balaban J connectivity index is 1.58. The molecule has 0 spiro atoms. The summed E-state index contributed by atoms with van der Waals surface area (Å²) in [4.78, 5) is 37.1. The number of carbonyl (C=O) groups is 3. The number of Topliss-reactive ketones (excluding diaryl/α,β-unsaturated/α-hetero) is 2. The maximum absolute atomic E-state index is 12.8. The smallest absolute Gasteiger partial charge is 0.234 e. The lowest BCUT2D eigenvalue weighted by molar-refractivity contribution is -0.116. The Kier molecular flexibility index (Phi) is 7.20. The van der Waals surface area contributed by atoms with E-state index in [0.29, 0.717) is 45.3 Å². The first kappa shape index (κ1) is 23.8. The lowest BCUT2D eigenvalue weighted by Gasteiger charge is -2.33. The molecular formula is C26H22ClN3O3S. The molecule has 1 heterocycles. The highest BCUT2D eigenvalue weighted by Gasteiger charge is 2.37. The molecule has 1 atom stereocenters. The average Bonchev–Trinajstić information content (AvgIpc) is 2.82. The summed E-state index contributed by atoms with van der Waals surface area (Å²) in [6, 6.07) is 16.2. The molecular weight excluding hydrogens is 470 g/mol. The van der Waals surface area contributed by atoms with Crippen LogP contribution in [0.15, 0.2) is 70.4 Å². The number of ketones is 2. The standard InChI is InChI=1S/C26H22ClN3O3S/c1-15(31)17-4-2-5-19(12-17)29-23(33)14-34-26-20(13-28)24(16-8-10-18(27)11-9-16)25-21(30-26)6-3-7-22(25)32/h2,4-5,8-12,24,30H,3,6-7,14H2,1H3,(H,29,33)/t24-/m0/s1. The molecule has 0 saturated carbocycles. The first-order valence-electron chi connectivity index (χ1n) is 10.8. The molecule has 1 aliphatic heterocycles. The van der Waals surface area contributed by atoms with Crippen molar-refractivity contribution in [2.45, 2.75) is 32.1 Å². The molecule has 2 aliphatic rings.